The van der Waals surface area contributed by atoms with E-state index in [0.717, 1.165) is 5.56 Å². The van der Waals surface area contributed by atoms with Crippen molar-refractivity contribution in [1.29, 1.82) is 0 Å². The third kappa shape index (κ3) is 5.53. The molecule has 2 N–H and O–H groups in total. The number of rotatable bonds is 7. The molecule has 0 heterocycles. The number of esters is 1. The van der Waals surface area contributed by atoms with Gasteiger partial charge in [-0.15, -0.1) is 0 Å². The van der Waals surface area contributed by atoms with Gasteiger partial charge in [-0.25, -0.2) is 4.79 Å². The van der Waals surface area contributed by atoms with Crippen LogP contribution in [0.3, 0.4) is 0 Å². The number of hydrogen-bond donors (Lipinski definition) is 2. The number of benzene rings is 1. The standard InChI is InChI=1S/C15H21NO5/c1-10(2)21-9-11-4-6-12(7-5-11)14(18)16-13(8-17)15(19)20-3/h4-7,10,13,17H,8-9H2,1-3H3,(H,16,18). The zero-order valence-corrected chi connectivity index (χ0v) is 12.5. The molecular weight excluding hydrogens is 274 g/mol. The fourth-order valence-corrected chi connectivity index (χ4v) is 1.58. The number of nitrogens with one attached hydrogen (secondary N) is 1. The highest BCUT2D eigenvalue weighted by Crippen LogP contribution is 2.07. The minimum Gasteiger partial charge on any atom is -0.467 e. The normalized spacial score (nSPS) is 12.0. The van der Waals surface area contributed by atoms with Crippen LogP contribution in [0.4, 0.5) is 0 Å². The van der Waals surface area contributed by atoms with E-state index in [1.165, 1.54) is 7.11 Å². The fraction of sp³-hybridized carbons (Fsp3) is 0.467. The Morgan fingerprint density at radius 3 is 2.33 bits per heavy atom. The van der Waals surface area contributed by atoms with Crippen LogP contribution in [0.5, 0.6) is 0 Å². The molecule has 1 aromatic rings. The van der Waals surface area contributed by atoms with E-state index >= 15 is 0 Å². The molecule has 21 heavy (non-hydrogen) atoms. The molecule has 0 aliphatic carbocycles. The van der Waals surface area contributed by atoms with Gasteiger partial charge in [0, 0.05) is 5.56 Å². The summed E-state index contributed by atoms with van der Waals surface area (Å²) in [6.45, 7) is 3.85. The molecule has 1 atom stereocenters. The molecule has 0 aliphatic heterocycles. The predicted molar refractivity (Wildman–Crippen MR) is 76.7 cm³/mol. The summed E-state index contributed by atoms with van der Waals surface area (Å²) in [4.78, 5) is 23.2. The van der Waals surface area contributed by atoms with Gasteiger partial charge in [0.15, 0.2) is 6.04 Å². The van der Waals surface area contributed by atoms with Crippen molar-refractivity contribution in [3.63, 3.8) is 0 Å². The Balaban J connectivity index is 2.64. The van der Waals surface area contributed by atoms with E-state index in [4.69, 9.17) is 9.84 Å². The van der Waals surface area contributed by atoms with Crippen LogP contribution in [0.15, 0.2) is 24.3 Å². The van der Waals surface area contributed by atoms with Crippen molar-refractivity contribution in [3.05, 3.63) is 35.4 Å². The first-order valence-electron chi connectivity index (χ1n) is 6.68. The molecule has 0 aliphatic rings. The summed E-state index contributed by atoms with van der Waals surface area (Å²) < 4.78 is 9.94. The molecule has 1 unspecified atom stereocenters. The number of ether oxygens (including phenoxy) is 2. The number of aliphatic hydroxyl groups excluding tert-OH is 1. The van der Waals surface area contributed by atoms with E-state index in [1.54, 1.807) is 24.3 Å². The van der Waals surface area contributed by atoms with Crippen LogP contribution in [0.1, 0.15) is 29.8 Å². The predicted octanol–water partition coefficient (Wildman–Crippen LogP) is 0.875. The van der Waals surface area contributed by atoms with E-state index in [0.29, 0.717) is 12.2 Å². The van der Waals surface area contributed by atoms with Gasteiger partial charge >= 0.3 is 5.97 Å². The zero-order chi connectivity index (χ0) is 15.8. The molecule has 116 valence electrons. The molecule has 0 spiro atoms. The molecule has 0 bridgehead atoms. The monoisotopic (exact) mass is 295 g/mol. The lowest BCUT2D eigenvalue weighted by Crippen LogP contribution is -2.44. The quantitative estimate of drug-likeness (QED) is 0.729. The van der Waals surface area contributed by atoms with Gasteiger partial charge in [0.25, 0.3) is 5.91 Å². The van der Waals surface area contributed by atoms with Gasteiger partial charge in [-0.3, -0.25) is 4.79 Å². The van der Waals surface area contributed by atoms with Crippen molar-refractivity contribution in [2.45, 2.75) is 32.6 Å². The molecule has 0 fully saturated rings. The number of amides is 1. The highest BCUT2D eigenvalue weighted by Gasteiger charge is 2.20. The van der Waals surface area contributed by atoms with Gasteiger partial charge in [-0.1, -0.05) is 12.1 Å². The van der Waals surface area contributed by atoms with Crippen molar-refractivity contribution in [1.82, 2.24) is 5.32 Å². The molecule has 0 saturated heterocycles. The number of methoxy groups -OCH3 is 1. The highest BCUT2D eigenvalue weighted by molar-refractivity contribution is 5.96. The minimum absolute atomic E-state index is 0.137. The van der Waals surface area contributed by atoms with E-state index in [-0.39, 0.29) is 6.10 Å². The Bertz CT molecular complexity index is 469. The smallest absolute Gasteiger partial charge is 0.330 e. The second kappa shape index (κ2) is 8.39. The summed E-state index contributed by atoms with van der Waals surface area (Å²) in [5, 5.41) is 11.5. The van der Waals surface area contributed by atoms with Gasteiger partial charge in [0.2, 0.25) is 0 Å². The van der Waals surface area contributed by atoms with Gasteiger partial charge < -0.3 is 19.9 Å². The van der Waals surface area contributed by atoms with Crippen molar-refractivity contribution in [3.8, 4) is 0 Å². The lowest BCUT2D eigenvalue weighted by atomic mass is 10.1. The van der Waals surface area contributed by atoms with Gasteiger partial charge in [-0.2, -0.15) is 0 Å². The van der Waals surface area contributed by atoms with Crippen LogP contribution in [0.25, 0.3) is 0 Å². The van der Waals surface area contributed by atoms with Crippen molar-refractivity contribution < 1.29 is 24.2 Å². The fourth-order valence-electron chi connectivity index (χ4n) is 1.58. The third-order valence-electron chi connectivity index (χ3n) is 2.77. The Morgan fingerprint density at radius 1 is 1.24 bits per heavy atom. The minimum atomic E-state index is -1.06. The Labute approximate surface area is 124 Å². The molecule has 0 saturated carbocycles. The summed E-state index contributed by atoms with van der Waals surface area (Å²) in [7, 11) is 1.20. The highest BCUT2D eigenvalue weighted by atomic mass is 16.5. The van der Waals surface area contributed by atoms with Crippen LogP contribution in [-0.4, -0.2) is 42.8 Å². The molecule has 0 aromatic heterocycles. The second-order valence-electron chi connectivity index (χ2n) is 4.79. The number of carbonyl (C=O) groups is 2. The van der Waals surface area contributed by atoms with E-state index < -0.39 is 24.5 Å². The second-order valence-corrected chi connectivity index (χ2v) is 4.79. The van der Waals surface area contributed by atoms with Gasteiger partial charge in [0.05, 0.1) is 26.4 Å². The number of hydrogen-bond acceptors (Lipinski definition) is 5. The largest absolute Gasteiger partial charge is 0.467 e. The molecule has 6 nitrogen and oxygen atoms in total. The maximum absolute atomic E-state index is 12.0. The maximum Gasteiger partial charge on any atom is 0.330 e. The van der Waals surface area contributed by atoms with Crippen LogP contribution >= 0.6 is 0 Å². The average molecular weight is 295 g/mol. The zero-order valence-electron chi connectivity index (χ0n) is 12.5. The summed E-state index contributed by atoms with van der Waals surface area (Å²) >= 11 is 0. The Hall–Kier alpha value is -1.92. The lowest BCUT2D eigenvalue weighted by molar-refractivity contribution is -0.143. The number of carbonyl (C=O) groups excluding carboxylic acids is 2. The summed E-state index contributed by atoms with van der Waals surface area (Å²) in [5.41, 5.74) is 1.34. The molecule has 1 rings (SSSR count). The van der Waals surface area contributed by atoms with Crippen molar-refractivity contribution in [2.24, 2.45) is 0 Å². The molecule has 6 heteroatoms. The molecule has 0 radical (unpaired) electrons. The van der Waals surface area contributed by atoms with E-state index in [2.05, 4.69) is 10.1 Å². The van der Waals surface area contributed by atoms with E-state index in [1.807, 2.05) is 13.8 Å². The average Bonchev–Trinajstić information content (AvgIpc) is 2.50. The van der Waals surface area contributed by atoms with Crippen molar-refractivity contribution >= 4 is 11.9 Å². The van der Waals surface area contributed by atoms with Crippen LogP contribution in [-0.2, 0) is 20.9 Å². The van der Waals surface area contributed by atoms with Crippen LogP contribution in [0, 0.1) is 0 Å². The summed E-state index contributed by atoms with van der Waals surface area (Å²) in [6.07, 6.45) is 0.137. The first-order chi connectivity index (χ1) is 9.97. The first kappa shape index (κ1) is 17.1. The van der Waals surface area contributed by atoms with Gasteiger partial charge in [0.1, 0.15) is 0 Å². The molecule has 1 amide bonds. The Morgan fingerprint density at radius 2 is 1.86 bits per heavy atom. The van der Waals surface area contributed by atoms with E-state index in [9.17, 15) is 9.59 Å². The maximum atomic E-state index is 12.0. The van der Waals surface area contributed by atoms with Crippen LogP contribution < -0.4 is 5.32 Å². The first-order valence-corrected chi connectivity index (χ1v) is 6.68. The summed E-state index contributed by atoms with van der Waals surface area (Å²) in [6, 6.07) is 5.78. The molecular formula is C15H21NO5. The van der Waals surface area contributed by atoms with Crippen molar-refractivity contribution in [2.75, 3.05) is 13.7 Å². The Kier molecular flexibility index (Phi) is 6.84. The van der Waals surface area contributed by atoms with Crippen LogP contribution in [0.2, 0.25) is 0 Å². The summed E-state index contributed by atoms with van der Waals surface area (Å²) in [5.74, 6) is -1.14. The topological polar surface area (TPSA) is 84.9 Å². The lowest BCUT2D eigenvalue weighted by Gasteiger charge is -2.14. The van der Waals surface area contributed by atoms with Gasteiger partial charge in [-0.05, 0) is 31.5 Å². The third-order valence-corrected chi connectivity index (χ3v) is 2.77. The number of aliphatic hydroxyl groups is 1. The SMILES string of the molecule is COC(=O)C(CO)NC(=O)c1ccc(COC(C)C)cc1. The molecule has 1 aromatic carbocycles.